The summed E-state index contributed by atoms with van der Waals surface area (Å²) in [5.74, 6) is -1.05. The number of fused-ring (bicyclic) bond motifs is 1. The molecule has 0 spiro atoms. The van der Waals surface area contributed by atoms with Crippen molar-refractivity contribution in [1.29, 1.82) is 0 Å². The summed E-state index contributed by atoms with van der Waals surface area (Å²) in [7, 11) is 0. The van der Waals surface area contributed by atoms with E-state index in [0.717, 1.165) is 22.6 Å². The lowest BCUT2D eigenvalue weighted by Gasteiger charge is -2.30. The minimum Gasteiger partial charge on any atom is -0.444 e. The zero-order valence-electron chi connectivity index (χ0n) is 31.8. The molecule has 284 valence electrons. The highest BCUT2D eigenvalue weighted by molar-refractivity contribution is 6.06. The SMILES string of the molecule is CC(C)(C)OC(=O)NCCCCN(CCCCCN(C(=O)OC(C)(C)C)C(=O)OC(C)(C)C)c1cccc2c1CN(C1CCC(=O)NC1=O)C2=O. The lowest BCUT2D eigenvalue weighted by Crippen LogP contribution is -2.52. The van der Waals surface area contributed by atoms with E-state index in [1.807, 2.05) is 12.1 Å². The molecule has 51 heavy (non-hydrogen) atoms. The number of imide groups is 2. The molecule has 1 fully saturated rings. The fraction of sp³-hybridized carbons (Fsp3) is 0.676. The van der Waals surface area contributed by atoms with E-state index < -0.39 is 47.0 Å². The molecule has 14 heteroatoms. The minimum atomic E-state index is -0.786. The molecule has 3 rings (SSSR count). The Labute approximate surface area is 301 Å². The molecule has 2 aliphatic heterocycles. The summed E-state index contributed by atoms with van der Waals surface area (Å²) in [6, 6.07) is 4.83. The number of benzene rings is 1. The van der Waals surface area contributed by atoms with Gasteiger partial charge in [-0.15, -0.1) is 0 Å². The number of piperidine rings is 1. The first-order valence-corrected chi connectivity index (χ1v) is 17.9. The standard InChI is InChI=1S/C37H57N5O9/c1-35(2,3)49-32(46)38-20-11-14-22-40(21-12-10-13-23-41(33(47)50-36(4,5)6)34(48)51-37(7,8)9)27-17-15-16-25-26(27)24-42(31(25)45)28-18-19-29(43)39-30(28)44/h15-17,28H,10-14,18-24H2,1-9H3,(H,38,46)(H,39,43,44). The number of rotatable bonds is 13. The zero-order valence-corrected chi connectivity index (χ0v) is 31.8. The van der Waals surface area contributed by atoms with Crippen LogP contribution in [-0.2, 0) is 30.3 Å². The number of hydrogen-bond acceptors (Lipinski definition) is 10. The molecule has 2 N–H and O–H groups in total. The van der Waals surface area contributed by atoms with Crippen LogP contribution in [-0.4, -0.2) is 94.8 Å². The first kappa shape index (κ1) is 41.1. The van der Waals surface area contributed by atoms with Crippen molar-refractivity contribution in [2.24, 2.45) is 0 Å². The van der Waals surface area contributed by atoms with E-state index in [2.05, 4.69) is 15.5 Å². The largest absolute Gasteiger partial charge is 0.444 e. The molecule has 0 radical (unpaired) electrons. The number of amides is 6. The molecule has 0 aromatic heterocycles. The number of hydrogen-bond donors (Lipinski definition) is 2. The molecule has 0 saturated carbocycles. The first-order valence-electron chi connectivity index (χ1n) is 17.9. The van der Waals surface area contributed by atoms with Crippen LogP contribution >= 0.6 is 0 Å². The van der Waals surface area contributed by atoms with Gasteiger partial charge in [-0.2, -0.15) is 0 Å². The number of unbranched alkanes of at least 4 members (excludes halogenated alkanes) is 3. The fourth-order valence-corrected chi connectivity index (χ4v) is 5.79. The normalized spacial score (nSPS) is 16.3. The van der Waals surface area contributed by atoms with Crippen LogP contribution in [0.15, 0.2) is 18.2 Å². The first-order chi connectivity index (χ1) is 23.6. The third-order valence-electron chi connectivity index (χ3n) is 7.96. The second-order valence-electron chi connectivity index (χ2n) is 16.0. The second-order valence-corrected chi connectivity index (χ2v) is 16.0. The average molecular weight is 716 g/mol. The van der Waals surface area contributed by atoms with E-state index in [9.17, 15) is 28.8 Å². The Hall–Kier alpha value is -4.36. The van der Waals surface area contributed by atoms with Crippen LogP contribution in [0, 0.1) is 0 Å². The van der Waals surface area contributed by atoms with Crippen LogP contribution in [0.2, 0.25) is 0 Å². The van der Waals surface area contributed by atoms with Crippen molar-refractivity contribution in [3.05, 3.63) is 29.3 Å². The molecule has 0 aliphatic carbocycles. The summed E-state index contributed by atoms with van der Waals surface area (Å²) < 4.78 is 16.3. The van der Waals surface area contributed by atoms with Crippen molar-refractivity contribution in [2.75, 3.05) is 31.1 Å². The number of anilines is 1. The fourth-order valence-electron chi connectivity index (χ4n) is 5.79. The highest BCUT2D eigenvalue weighted by Crippen LogP contribution is 2.34. The van der Waals surface area contributed by atoms with Gasteiger partial charge in [-0.1, -0.05) is 6.07 Å². The number of nitrogens with zero attached hydrogens (tertiary/aromatic N) is 3. The van der Waals surface area contributed by atoms with Crippen LogP contribution in [0.5, 0.6) is 0 Å². The number of carbonyl (C=O) groups is 6. The Morgan fingerprint density at radius 2 is 1.37 bits per heavy atom. The van der Waals surface area contributed by atoms with Gasteiger partial charge in [0, 0.05) is 56.0 Å². The van der Waals surface area contributed by atoms with Gasteiger partial charge in [0.25, 0.3) is 5.91 Å². The molecular formula is C37H57N5O9. The predicted octanol–water partition coefficient (Wildman–Crippen LogP) is 5.90. The molecule has 1 aromatic carbocycles. The number of carbonyl (C=O) groups excluding carboxylic acids is 6. The van der Waals surface area contributed by atoms with Crippen molar-refractivity contribution in [2.45, 2.75) is 137 Å². The minimum absolute atomic E-state index is 0.121. The summed E-state index contributed by atoms with van der Waals surface area (Å²) in [6.07, 6.45) is 1.77. The Kier molecular flexibility index (Phi) is 13.9. The lowest BCUT2D eigenvalue weighted by atomic mass is 10.0. The Morgan fingerprint density at radius 1 is 0.804 bits per heavy atom. The van der Waals surface area contributed by atoms with Crippen LogP contribution in [0.4, 0.5) is 20.1 Å². The molecule has 1 atom stereocenters. The monoisotopic (exact) mass is 715 g/mol. The molecular weight excluding hydrogens is 658 g/mol. The predicted molar refractivity (Wildman–Crippen MR) is 191 cm³/mol. The topological polar surface area (TPSA) is 164 Å². The molecule has 0 bridgehead atoms. The summed E-state index contributed by atoms with van der Waals surface area (Å²) in [4.78, 5) is 80.7. The number of alkyl carbamates (subject to hydrolysis) is 1. The van der Waals surface area contributed by atoms with Gasteiger partial charge in [-0.25, -0.2) is 19.3 Å². The maximum absolute atomic E-state index is 13.5. The van der Waals surface area contributed by atoms with Crippen molar-refractivity contribution in [3.8, 4) is 0 Å². The van der Waals surface area contributed by atoms with E-state index in [4.69, 9.17) is 14.2 Å². The van der Waals surface area contributed by atoms with Crippen molar-refractivity contribution in [1.82, 2.24) is 20.4 Å². The number of ether oxygens (including phenoxy) is 3. The molecule has 2 aliphatic rings. The van der Waals surface area contributed by atoms with E-state index in [0.29, 0.717) is 50.9 Å². The van der Waals surface area contributed by atoms with E-state index >= 15 is 0 Å². The molecule has 2 heterocycles. The lowest BCUT2D eigenvalue weighted by molar-refractivity contribution is -0.136. The van der Waals surface area contributed by atoms with Crippen molar-refractivity contribution >= 4 is 41.7 Å². The quantitative estimate of drug-likeness (QED) is 0.143. The van der Waals surface area contributed by atoms with Gasteiger partial charge < -0.3 is 29.3 Å². The Morgan fingerprint density at radius 3 is 1.94 bits per heavy atom. The Balaban J connectivity index is 1.71. The summed E-state index contributed by atoms with van der Waals surface area (Å²) in [6.45, 7) is 17.9. The highest BCUT2D eigenvalue weighted by atomic mass is 16.6. The molecule has 6 amide bonds. The van der Waals surface area contributed by atoms with Gasteiger partial charge in [-0.05, 0) is 113 Å². The van der Waals surface area contributed by atoms with Gasteiger partial charge in [0.15, 0.2) is 0 Å². The number of nitrogens with one attached hydrogen (secondary N) is 2. The molecule has 14 nitrogen and oxygen atoms in total. The smallest absolute Gasteiger partial charge is 0.419 e. The highest BCUT2D eigenvalue weighted by Gasteiger charge is 2.40. The summed E-state index contributed by atoms with van der Waals surface area (Å²) in [5.41, 5.74) is 0.0561. The summed E-state index contributed by atoms with van der Waals surface area (Å²) >= 11 is 0. The van der Waals surface area contributed by atoms with Crippen LogP contribution < -0.4 is 15.5 Å². The average Bonchev–Trinajstić information content (AvgIpc) is 3.31. The zero-order chi connectivity index (χ0) is 38.1. The van der Waals surface area contributed by atoms with E-state index in [1.165, 1.54) is 0 Å². The van der Waals surface area contributed by atoms with Crippen LogP contribution in [0.3, 0.4) is 0 Å². The molecule has 1 aromatic rings. The third kappa shape index (κ3) is 13.0. The molecule has 1 unspecified atom stereocenters. The van der Waals surface area contributed by atoms with Crippen LogP contribution in [0.1, 0.15) is 123 Å². The summed E-state index contributed by atoms with van der Waals surface area (Å²) in [5, 5.41) is 5.15. The van der Waals surface area contributed by atoms with E-state index in [-0.39, 0.29) is 37.7 Å². The van der Waals surface area contributed by atoms with E-state index in [1.54, 1.807) is 73.3 Å². The van der Waals surface area contributed by atoms with Crippen LogP contribution in [0.25, 0.3) is 0 Å². The van der Waals surface area contributed by atoms with Gasteiger partial charge in [0.2, 0.25) is 11.8 Å². The Bertz CT molecular complexity index is 1410. The maximum Gasteiger partial charge on any atom is 0.419 e. The second kappa shape index (κ2) is 17.2. The maximum atomic E-state index is 13.5. The van der Waals surface area contributed by atoms with Gasteiger partial charge in [0.1, 0.15) is 22.8 Å². The van der Waals surface area contributed by atoms with Gasteiger partial charge >= 0.3 is 18.3 Å². The molecule has 1 saturated heterocycles. The van der Waals surface area contributed by atoms with Crippen molar-refractivity contribution in [3.63, 3.8) is 0 Å². The van der Waals surface area contributed by atoms with Gasteiger partial charge in [0.05, 0.1) is 0 Å². The van der Waals surface area contributed by atoms with Gasteiger partial charge in [-0.3, -0.25) is 19.7 Å². The third-order valence-corrected chi connectivity index (χ3v) is 7.96. The van der Waals surface area contributed by atoms with Crippen molar-refractivity contribution < 1.29 is 43.0 Å².